The molecule has 3 nitrogen and oxygen atoms in total. The summed E-state index contributed by atoms with van der Waals surface area (Å²) in [6.07, 6.45) is 7.46. The molecular weight excluding hydrogens is 885 g/mol. The molecule has 358 valence electrons. The van der Waals surface area contributed by atoms with E-state index in [9.17, 15) is 5.11 Å². The highest BCUT2D eigenvalue weighted by atomic mass is 16.3. The van der Waals surface area contributed by atoms with E-state index in [1.165, 1.54) is 38.5 Å². The molecule has 10 aromatic carbocycles. The maximum atomic E-state index is 12.1. The van der Waals surface area contributed by atoms with Crippen molar-refractivity contribution in [1.29, 1.82) is 0 Å². The van der Waals surface area contributed by atoms with E-state index >= 15 is 0 Å². The molecule has 1 aliphatic carbocycles. The van der Waals surface area contributed by atoms with Gasteiger partial charge >= 0.3 is 0 Å². The largest absolute Gasteiger partial charge is 0.381 e. The highest BCUT2D eigenvalue weighted by Gasteiger charge is 2.37. The Morgan fingerprint density at radius 3 is 1.75 bits per heavy atom. The van der Waals surface area contributed by atoms with Crippen molar-refractivity contribution in [3.05, 3.63) is 271 Å². The number of hydrogen-bond donors (Lipinski definition) is 1. The maximum absolute atomic E-state index is 12.1. The topological polar surface area (TPSA) is 28.4 Å². The lowest BCUT2D eigenvalue weighted by Crippen LogP contribution is -2.19. The van der Waals surface area contributed by atoms with Gasteiger partial charge < -0.3 is 14.6 Å². The summed E-state index contributed by atoms with van der Waals surface area (Å²) in [5, 5.41) is 19.2. The van der Waals surface area contributed by atoms with E-state index in [1.54, 1.807) is 0 Å². The van der Waals surface area contributed by atoms with Crippen LogP contribution in [0.3, 0.4) is 0 Å². The Kier molecular flexibility index (Phi) is 13.6. The van der Waals surface area contributed by atoms with Gasteiger partial charge in [0.15, 0.2) is 0 Å². The van der Waals surface area contributed by atoms with Gasteiger partial charge in [-0.2, -0.15) is 0 Å². The number of benzene rings is 10. The molecule has 1 aromatic heterocycles. The Labute approximate surface area is 431 Å². The second-order valence-corrected chi connectivity index (χ2v) is 18.7. The second-order valence-electron chi connectivity index (χ2n) is 18.7. The Bertz CT molecular complexity index is 3790. The third-order valence-electron chi connectivity index (χ3n) is 14.6. The van der Waals surface area contributed by atoms with Crippen molar-refractivity contribution in [2.24, 2.45) is 0 Å². The molecule has 0 fully saturated rings. The van der Waals surface area contributed by atoms with Crippen LogP contribution >= 0.6 is 0 Å². The van der Waals surface area contributed by atoms with E-state index in [-0.39, 0.29) is 0 Å². The van der Waals surface area contributed by atoms with Gasteiger partial charge in [0, 0.05) is 34.9 Å². The Hall–Kier alpha value is -8.50. The smallest absolute Gasteiger partial charge is 0.113 e. The van der Waals surface area contributed by atoms with Gasteiger partial charge in [0.05, 0.1) is 11.0 Å². The summed E-state index contributed by atoms with van der Waals surface area (Å²) in [5.41, 5.74) is 16.8. The zero-order valence-corrected chi connectivity index (χ0v) is 42.8. The fourth-order valence-corrected chi connectivity index (χ4v) is 11.0. The number of aliphatic hydroxyl groups is 1. The summed E-state index contributed by atoms with van der Waals surface area (Å²) < 4.78 is 2.36. The number of nitrogens with zero attached hydrogens (tertiary/aromatic N) is 2. The van der Waals surface area contributed by atoms with Crippen LogP contribution in [0.15, 0.2) is 243 Å². The zero-order chi connectivity index (χ0) is 50.6. The molecule has 1 atom stereocenters. The summed E-state index contributed by atoms with van der Waals surface area (Å²) in [5.74, 6) is 0. The first-order chi connectivity index (χ1) is 35.8. The maximum Gasteiger partial charge on any atom is 0.113 e. The van der Waals surface area contributed by atoms with E-state index in [0.29, 0.717) is 0 Å². The van der Waals surface area contributed by atoms with Gasteiger partial charge in [-0.05, 0) is 158 Å². The van der Waals surface area contributed by atoms with Gasteiger partial charge in [-0.1, -0.05) is 209 Å². The molecular formula is C70H62N2O. The lowest BCUT2D eigenvalue weighted by molar-refractivity contribution is 0.107. The fraction of sp³-hybridized carbons (Fsp3) is 0.114. The minimum Gasteiger partial charge on any atom is -0.381 e. The van der Waals surface area contributed by atoms with Gasteiger partial charge in [0.2, 0.25) is 0 Å². The summed E-state index contributed by atoms with van der Waals surface area (Å²) in [4.78, 5) is 2.28. The molecule has 12 rings (SSSR count). The number of aromatic nitrogens is 1. The van der Waals surface area contributed by atoms with Crippen LogP contribution in [0.25, 0.3) is 82.4 Å². The number of anilines is 2. The highest BCUT2D eigenvalue weighted by Crippen LogP contribution is 2.50. The summed E-state index contributed by atoms with van der Waals surface area (Å²) in [6, 6.07) is 77.4. The third-order valence-corrected chi connectivity index (χ3v) is 14.6. The van der Waals surface area contributed by atoms with Gasteiger partial charge in [0.25, 0.3) is 0 Å². The number of hydrogen-bond acceptors (Lipinski definition) is 2. The summed E-state index contributed by atoms with van der Waals surface area (Å²) in [7, 11) is 2.15. The van der Waals surface area contributed by atoms with Crippen molar-refractivity contribution in [3.63, 3.8) is 0 Å². The SMILES string of the molecule is C=C/C(=C\C=C(/C)c1ccccc1CC)c1c2ccccc2c(-c2ccc3c(c2)C(C)(O)c2ccccc2-3)c2ccc(N(C)c3ccc(-n4c5ccccc5c5ccccc54)cc3)cc12.CC.c1ccccc1. The lowest BCUT2D eigenvalue weighted by atomic mass is 9.84. The third kappa shape index (κ3) is 8.77. The number of fused-ring (bicyclic) bond motifs is 8. The fourth-order valence-electron chi connectivity index (χ4n) is 11.0. The molecule has 1 N–H and O–H groups in total. The lowest BCUT2D eigenvalue weighted by Gasteiger charge is -2.24. The highest BCUT2D eigenvalue weighted by molar-refractivity contribution is 6.20. The Morgan fingerprint density at radius 2 is 1.10 bits per heavy atom. The molecule has 0 bridgehead atoms. The van der Waals surface area contributed by atoms with E-state index in [1.807, 2.05) is 75.4 Å². The van der Waals surface area contributed by atoms with Gasteiger partial charge in [-0.25, -0.2) is 0 Å². The Balaban J connectivity index is 0.000000707. The zero-order valence-electron chi connectivity index (χ0n) is 42.8. The number of allylic oxidation sites excluding steroid dienone is 5. The van der Waals surface area contributed by atoms with Crippen LogP contribution in [-0.4, -0.2) is 16.7 Å². The predicted octanol–water partition coefficient (Wildman–Crippen LogP) is 18.7. The standard InChI is InChI=1S/C62H50N2O.C6H6.C2H6/c1-6-41-18-8-9-19-47(41)40(3)28-29-42(7-2)60-52-23-10-11-24-53(52)61(43-30-36-49-48-20-12-15-25-56(48)62(4,65)57(49)38-43)54-37-35-46(39-55(54)60)63(5)44-31-33-45(34-32-44)64-58-26-16-13-21-50(58)51-22-14-17-27-59(51)64;1-2-4-6-5-3-1;1-2/h7-39,65H,2,6H2,1,3-5H3;1-6H;1-2H3/b40-28+,42-29+;;. The molecule has 0 radical (unpaired) electrons. The first-order valence-electron chi connectivity index (χ1n) is 25.6. The van der Waals surface area contributed by atoms with Crippen LogP contribution in [0.1, 0.15) is 62.4 Å². The molecule has 0 saturated carbocycles. The van der Waals surface area contributed by atoms with Crippen molar-refractivity contribution in [3.8, 4) is 27.9 Å². The van der Waals surface area contributed by atoms with Gasteiger partial charge in [0.1, 0.15) is 5.60 Å². The van der Waals surface area contributed by atoms with E-state index in [4.69, 9.17) is 0 Å². The number of rotatable bonds is 9. The van der Waals surface area contributed by atoms with E-state index < -0.39 is 5.60 Å². The molecule has 1 aliphatic rings. The van der Waals surface area contributed by atoms with Crippen LogP contribution in [0, 0.1) is 0 Å². The first kappa shape index (κ1) is 48.1. The normalized spacial score (nSPS) is 14.0. The van der Waals surface area contributed by atoms with Gasteiger partial charge in [-0.3, -0.25) is 0 Å². The molecule has 3 heteroatoms. The molecule has 1 unspecified atom stereocenters. The summed E-state index contributed by atoms with van der Waals surface area (Å²) >= 11 is 0. The molecule has 0 spiro atoms. The van der Waals surface area contributed by atoms with Crippen molar-refractivity contribution in [2.45, 2.75) is 46.6 Å². The van der Waals surface area contributed by atoms with Crippen LogP contribution in [0.2, 0.25) is 0 Å². The van der Waals surface area contributed by atoms with Crippen LogP contribution in [0.5, 0.6) is 0 Å². The monoisotopic (exact) mass is 946 g/mol. The number of para-hydroxylation sites is 2. The van der Waals surface area contributed by atoms with Crippen LogP contribution < -0.4 is 4.90 Å². The quantitative estimate of drug-likeness (QED) is 0.115. The number of aryl methyl sites for hydroxylation is 1. The first-order valence-corrected chi connectivity index (χ1v) is 25.6. The molecule has 0 aliphatic heterocycles. The minimum atomic E-state index is -1.11. The van der Waals surface area contributed by atoms with E-state index in [0.717, 1.165) is 89.5 Å². The van der Waals surface area contributed by atoms with E-state index in [2.05, 4.69) is 219 Å². The predicted molar refractivity (Wildman–Crippen MR) is 315 cm³/mol. The van der Waals surface area contributed by atoms with Crippen LogP contribution in [-0.2, 0) is 12.0 Å². The Morgan fingerprint density at radius 1 is 0.548 bits per heavy atom. The average Bonchev–Trinajstić information content (AvgIpc) is 3.91. The van der Waals surface area contributed by atoms with Gasteiger partial charge in [-0.15, -0.1) is 0 Å². The average molecular weight is 947 g/mol. The molecule has 73 heavy (non-hydrogen) atoms. The van der Waals surface area contributed by atoms with Crippen molar-refractivity contribution in [2.75, 3.05) is 11.9 Å². The summed E-state index contributed by atoms with van der Waals surface area (Å²) in [6.45, 7) is 14.8. The molecule has 1 heterocycles. The van der Waals surface area contributed by atoms with Crippen molar-refractivity contribution < 1.29 is 5.11 Å². The molecule has 0 saturated heterocycles. The molecule has 11 aromatic rings. The second kappa shape index (κ2) is 20.7. The molecule has 0 amide bonds. The van der Waals surface area contributed by atoms with Crippen LogP contribution in [0.4, 0.5) is 11.4 Å². The van der Waals surface area contributed by atoms with Crippen molar-refractivity contribution in [1.82, 2.24) is 4.57 Å². The van der Waals surface area contributed by atoms with Crippen molar-refractivity contribution >= 4 is 65.9 Å². The minimum absolute atomic E-state index is 0.929.